The molecule has 0 atom stereocenters. The Kier molecular flexibility index (Phi) is 4.80. The van der Waals surface area contributed by atoms with Crippen LogP contribution in [0.2, 0.25) is 0 Å². The number of amides is 1. The first-order valence-electron chi connectivity index (χ1n) is 6.93. The third-order valence-electron chi connectivity index (χ3n) is 3.33. The summed E-state index contributed by atoms with van der Waals surface area (Å²) < 4.78 is 0. The van der Waals surface area contributed by atoms with Crippen molar-refractivity contribution in [2.24, 2.45) is 0 Å². The first-order valence-corrected chi connectivity index (χ1v) is 6.93. The van der Waals surface area contributed by atoms with Crippen molar-refractivity contribution >= 4 is 17.3 Å². The lowest BCUT2D eigenvalue weighted by Gasteiger charge is -2.08. The van der Waals surface area contributed by atoms with Gasteiger partial charge in [0.15, 0.2) is 5.75 Å². The van der Waals surface area contributed by atoms with E-state index in [0.29, 0.717) is 5.69 Å². The third-order valence-corrected chi connectivity index (χ3v) is 3.33. The molecule has 0 heterocycles. The molecule has 0 aliphatic carbocycles. The fraction of sp³-hybridized carbons (Fsp3) is 0.188. The molecule has 120 valence electrons. The van der Waals surface area contributed by atoms with E-state index < -0.39 is 22.1 Å². The van der Waals surface area contributed by atoms with E-state index in [2.05, 4.69) is 5.32 Å². The molecule has 2 aromatic carbocycles. The van der Waals surface area contributed by atoms with Crippen LogP contribution in [0.15, 0.2) is 36.4 Å². The number of hydrogen-bond acceptors (Lipinski definition) is 5. The van der Waals surface area contributed by atoms with E-state index in [1.807, 2.05) is 25.1 Å². The summed E-state index contributed by atoms with van der Waals surface area (Å²) in [6, 6.07) is 9.75. The highest BCUT2D eigenvalue weighted by molar-refractivity contribution is 5.91. The number of hydrogen-bond donors (Lipinski definition) is 3. The Morgan fingerprint density at radius 1 is 1.22 bits per heavy atom. The maximum absolute atomic E-state index is 11.9. The maximum Gasteiger partial charge on any atom is 0.314 e. The van der Waals surface area contributed by atoms with Crippen LogP contribution >= 0.6 is 0 Å². The second kappa shape index (κ2) is 6.78. The lowest BCUT2D eigenvalue weighted by atomic mass is 10.1. The van der Waals surface area contributed by atoms with Gasteiger partial charge in [-0.1, -0.05) is 12.1 Å². The number of carbonyl (C=O) groups is 1. The van der Waals surface area contributed by atoms with Crippen LogP contribution in [0, 0.1) is 17.0 Å². The molecule has 0 bridgehead atoms. The van der Waals surface area contributed by atoms with Gasteiger partial charge in [0, 0.05) is 18.2 Å². The highest BCUT2D eigenvalue weighted by Gasteiger charge is 2.20. The van der Waals surface area contributed by atoms with Gasteiger partial charge in [-0.3, -0.25) is 14.9 Å². The number of phenolic OH excluding ortho intramolecular Hbond substituents is 2. The molecule has 0 aliphatic rings. The monoisotopic (exact) mass is 316 g/mol. The fourth-order valence-electron chi connectivity index (χ4n) is 2.15. The van der Waals surface area contributed by atoms with Gasteiger partial charge in [-0.25, -0.2) is 0 Å². The molecule has 2 rings (SSSR count). The number of benzene rings is 2. The molecule has 0 spiro atoms. The summed E-state index contributed by atoms with van der Waals surface area (Å²) in [7, 11) is 0. The summed E-state index contributed by atoms with van der Waals surface area (Å²) in [6.07, 6.45) is 0.216. The van der Waals surface area contributed by atoms with E-state index in [9.17, 15) is 25.1 Å². The van der Waals surface area contributed by atoms with Crippen LogP contribution in [0.4, 0.5) is 11.4 Å². The van der Waals surface area contributed by atoms with Crippen molar-refractivity contribution in [3.8, 4) is 11.5 Å². The third kappa shape index (κ3) is 3.97. The summed E-state index contributed by atoms with van der Waals surface area (Å²) in [6.45, 7) is 1.91. The van der Waals surface area contributed by atoms with E-state index in [1.165, 1.54) is 6.07 Å². The Balaban J connectivity index is 2.02. The van der Waals surface area contributed by atoms with Gasteiger partial charge < -0.3 is 15.5 Å². The minimum atomic E-state index is -0.788. The molecule has 7 nitrogen and oxygen atoms in total. The predicted molar refractivity (Wildman–Crippen MR) is 84.6 cm³/mol. The number of nitrogens with zero attached hydrogens (tertiary/aromatic N) is 1. The van der Waals surface area contributed by atoms with Gasteiger partial charge in [0.05, 0.1) is 4.92 Å². The average Bonchev–Trinajstić information content (AvgIpc) is 2.48. The summed E-state index contributed by atoms with van der Waals surface area (Å²) >= 11 is 0. The molecule has 3 N–H and O–H groups in total. The summed E-state index contributed by atoms with van der Waals surface area (Å²) in [5.74, 6) is -1.61. The quantitative estimate of drug-likeness (QED) is 0.446. The molecule has 0 aromatic heterocycles. The topological polar surface area (TPSA) is 113 Å². The Morgan fingerprint density at radius 3 is 2.61 bits per heavy atom. The predicted octanol–water partition coefficient (Wildman–Crippen LogP) is 2.89. The molecule has 0 fully saturated rings. The number of phenols is 2. The largest absolute Gasteiger partial charge is 0.504 e. The zero-order valence-corrected chi connectivity index (χ0v) is 12.4. The summed E-state index contributed by atoms with van der Waals surface area (Å²) in [5, 5.41) is 32.7. The molecule has 7 heteroatoms. The van der Waals surface area contributed by atoms with Crippen molar-refractivity contribution in [3.63, 3.8) is 0 Å². The van der Waals surface area contributed by atoms with Crippen molar-refractivity contribution < 1.29 is 19.9 Å². The molecule has 0 saturated heterocycles. The molecule has 0 unspecified atom stereocenters. The smallest absolute Gasteiger partial charge is 0.314 e. The van der Waals surface area contributed by atoms with E-state index in [0.717, 1.165) is 11.6 Å². The van der Waals surface area contributed by atoms with Crippen molar-refractivity contribution in [1.29, 1.82) is 0 Å². The number of anilines is 1. The number of carbonyl (C=O) groups excluding carboxylic acids is 1. The second-order valence-corrected chi connectivity index (χ2v) is 5.12. The molecule has 0 saturated carbocycles. The molecule has 1 amide bonds. The van der Waals surface area contributed by atoms with E-state index in [1.54, 1.807) is 6.07 Å². The zero-order valence-electron chi connectivity index (χ0n) is 12.4. The van der Waals surface area contributed by atoms with Crippen molar-refractivity contribution in [3.05, 3.63) is 57.6 Å². The van der Waals surface area contributed by atoms with Crippen LogP contribution in [0.5, 0.6) is 11.5 Å². The fourth-order valence-corrected chi connectivity index (χ4v) is 2.15. The minimum Gasteiger partial charge on any atom is -0.504 e. The molecule has 23 heavy (non-hydrogen) atoms. The van der Waals surface area contributed by atoms with Gasteiger partial charge in [0.25, 0.3) is 0 Å². The average molecular weight is 316 g/mol. The Hall–Kier alpha value is -3.09. The zero-order chi connectivity index (χ0) is 17.0. The molecule has 2 aromatic rings. The lowest BCUT2D eigenvalue weighted by Crippen LogP contribution is -2.12. The van der Waals surface area contributed by atoms with Crippen molar-refractivity contribution in [2.75, 3.05) is 5.32 Å². The van der Waals surface area contributed by atoms with Gasteiger partial charge in [-0.2, -0.15) is 0 Å². The van der Waals surface area contributed by atoms with Crippen LogP contribution in [0.1, 0.15) is 17.5 Å². The lowest BCUT2D eigenvalue weighted by molar-refractivity contribution is -0.386. The van der Waals surface area contributed by atoms with Gasteiger partial charge in [-0.15, -0.1) is 0 Å². The maximum atomic E-state index is 11.9. The van der Waals surface area contributed by atoms with E-state index >= 15 is 0 Å². The molecule has 0 aliphatic heterocycles. The normalized spacial score (nSPS) is 10.3. The highest BCUT2D eigenvalue weighted by Crippen LogP contribution is 2.37. The molecule has 0 radical (unpaired) electrons. The highest BCUT2D eigenvalue weighted by atomic mass is 16.6. The van der Waals surface area contributed by atoms with Crippen LogP contribution in [-0.4, -0.2) is 21.0 Å². The van der Waals surface area contributed by atoms with Crippen molar-refractivity contribution in [1.82, 2.24) is 0 Å². The van der Waals surface area contributed by atoms with E-state index in [4.69, 9.17) is 0 Å². The second-order valence-electron chi connectivity index (χ2n) is 5.12. The van der Waals surface area contributed by atoms with Gasteiger partial charge in [0.2, 0.25) is 11.7 Å². The van der Waals surface area contributed by atoms with Crippen LogP contribution in [-0.2, 0) is 11.2 Å². The Bertz CT molecular complexity index is 758. The Labute approximate surface area is 132 Å². The number of aryl methyl sites for hydroxylation is 2. The van der Waals surface area contributed by atoms with Gasteiger partial charge in [0.1, 0.15) is 0 Å². The number of nitro benzene ring substituents is 1. The molecular formula is C16H16N2O5. The Morgan fingerprint density at radius 2 is 1.96 bits per heavy atom. The summed E-state index contributed by atoms with van der Waals surface area (Å²) in [5.41, 5.74) is 1.38. The van der Waals surface area contributed by atoms with Crippen molar-refractivity contribution in [2.45, 2.75) is 19.8 Å². The summed E-state index contributed by atoms with van der Waals surface area (Å²) in [4.78, 5) is 21.8. The number of nitrogens with one attached hydrogen (secondary N) is 1. The SMILES string of the molecule is Cc1cccc(NC(=O)CCc2ccc([N+](=O)[O-])c(O)c2O)c1. The standard InChI is InChI=1S/C16H16N2O5/c1-10-3-2-4-12(9-10)17-14(19)8-6-11-5-7-13(18(22)23)16(21)15(11)20/h2-5,7,9,20-21H,6,8H2,1H3,(H,17,19). The first kappa shape index (κ1) is 16.3. The van der Waals surface area contributed by atoms with E-state index in [-0.39, 0.29) is 24.3 Å². The number of aromatic hydroxyl groups is 2. The van der Waals surface area contributed by atoms with Crippen LogP contribution in [0.25, 0.3) is 0 Å². The van der Waals surface area contributed by atoms with Crippen LogP contribution in [0.3, 0.4) is 0 Å². The minimum absolute atomic E-state index is 0.0682. The number of nitro groups is 1. The van der Waals surface area contributed by atoms with Crippen LogP contribution < -0.4 is 5.32 Å². The van der Waals surface area contributed by atoms with Gasteiger partial charge in [-0.05, 0) is 42.7 Å². The first-order chi connectivity index (χ1) is 10.9. The van der Waals surface area contributed by atoms with Gasteiger partial charge >= 0.3 is 5.69 Å². The number of rotatable bonds is 5. The molecular weight excluding hydrogens is 300 g/mol.